The van der Waals surface area contributed by atoms with Crippen LogP contribution >= 0.6 is 0 Å². The van der Waals surface area contributed by atoms with Crippen molar-refractivity contribution in [2.75, 3.05) is 13.6 Å². The van der Waals surface area contributed by atoms with Gasteiger partial charge in [-0.15, -0.1) is 12.8 Å². The van der Waals surface area contributed by atoms with E-state index in [1.165, 1.54) is 4.90 Å². The van der Waals surface area contributed by atoms with Crippen molar-refractivity contribution in [3.05, 3.63) is 0 Å². The summed E-state index contributed by atoms with van der Waals surface area (Å²) < 4.78 is 0. The second-order valence-corrected chi connectivity index (χ2v) is 1.83. The van der Waals surface area contributed by atoms with Crippen LogP contribution in [0.2, 0.25) is 0 Å². The fourth-order valence-electron chi connectivity index (χ4n) is 0.447. The molecule has 0 fully saturated rings. The van der Waals surface area contributed by atoms with E-state index in [2.05, 4.69) is 11.8 Å². The lowest BCUT2D eigenvalue weighted by atomic mass is 10.4. The van der Waals surface area contributed by atoms with Gasteiger partial charge in [-0.1, -0.05) is 11.8 Å². The van der Waals surface area contributed by atoms with Crippen LogP contribution in [0.5, 0.6) is 0 Å². The van der Waals surface area contributed by atoms with Crippen molar-refractivity contribution in [1.29, 1.82) is 0 Å². The highest BCUT2D eigenvalue weighted by molar-refractivity contribution is 5.78. The van der Waals surface area contributed by atoms with E-state index in [0.717, 1.165) is 0 Å². The van der Waals surface area contributed by atoms with E-state index in [1.54, 1.807) is 7.05 Å². The van der Waals surface area contributed by atoms with Crippen LogP contribution in [0.1, 0.15) is 6.42 Å². The van der Waals surface area contributed by atoms with Crippen LogP contribution < -0.4 is 0 Å². The molecule has 0 N–H and O–H groups in total. The number of nitrogens with zero attached hydrogens (tertiary/aromatic N) is 1. The molecule has 0 aromatic rings. The number of carbonyl (C=O) groups excluding carboxylic acids is 1. The Morgan fingerprint density at radius 1 is 1.50 bits per heavy atom. The average molecular weight is 135 g/mol. The van der Waals surface area contributed by atoms with Gasteiger partial charge in [0.15, 0.2) is 0 Å². The maximum Gasteiger partial charge on any atom is 0.235 e. The van der Waals surface area contributed by atoms with E-state index in [4.69, 9.17) is 12.8 Å². The molecule has 0 bridgehead atoms. The fraction of sp³-hybridized carbons (Fsp3) is 0.375. The first kappa shape index (κ1) is 8.59. The van der Waals surface area contributed by atoms with E-state index in [9.17, 15) is 4.79 Å². The summed E-state index contributed by atoms with van der Waals surface area (Å²) in [5, 5.41) is 0. The third-order valence-electron chi connectivity index (χ3n) is 1.01. The van der Waals surface area contributed by atoms with Gasteiger partial charge in [-0.3, -0.25) is 4.79 Å². The molecule has 0 aliphatic heterocycles. The van der Waals surface area contributed by atoms with Crippen molar-refractivity contribution >= 4 is 5.91 Å². The third kappa shape index (κ3) is 2.79. The van der Waals surface area contributed by atoms with E-state index in [0.29, 0.717) is 6.54 Å². The second-order valence-electron chi connectivity index (χ2n) is 1.83. The highest BCUT2D eigenvalue weighted by Gasteiger charge is 2.02. The molecule has 1 amide bonds. The molecule has 0 aliphatic rings. The quantitative estimate of drug-likeness (QED) is 0.492. The standard InChI is InChI=1S/C8H9NO/c1-4-6-8(10)9(3)7-5-2/h1-2H,6-7H2,3H3. The maximum absolute atomic E-state index is 10.8. The third-order valence-corrected chi connectivity index (χ3v) is 1.01. The van der Waals surface area contributed by atoms with Crippen molar-refractivity contribution < 1.29 is 4.79 Å². The Bertz CT molecular complexity index is 194. The summed E-state index contributed by atoms with van der Waals surface area (Å²) in [5.41, 5.74) is 0. The van der Waals surface area contributed by atoms with Gasteiger partial charge < -0.3 is 4.90 Å². The van der Waals surface area contributed by atoms with Crippen molar-refractivity contribution in [2.45, 2.75) is 6.42 Å². The van der Waals surface area contributed by atoms with Crippen LogP contribution in [0.25, 0.3) is 0 Å². The van der Waals surface area contributed by atoms with Crippen LogP contribution in [0.3, 0.4) is 0 Å². The minimum absolute atomic E-state index is 0.111. The first-order chi connectivity index (χ1) is 4.72. The largest absolute Gasteiger partial charge is 0.334 e. The summed E-state index contributed by atoms with van der Waals surface area (Å²) in [6, 6.07) is 0. The van der Waals surface area contributed by atoms with Crippen LogP contribution in [-0.2, 0) is 4.79 Å². The summed E-state index contributed by atoms with van der Waals surface area (Å²) in [6.07, 6.45) is 10.0. The zero-order chi connectivity index (χ0) is 7.98. The van der Waals surface area contributed by atoms with Gasteiger partial charge in [-0.25, -0.2) is 0 Å². The van der Waals surface area contributed by atoms with E-state index in [1.807, 2.05) is 0 Å². The number of carbonyl (C=O) groups is 1. The molecule has 0 saturated carbocycles. The summed E-state index contributed by atoms with van der Waals surface area (Å²) in [6.45, 7) is 0.320. The summed E-state index contributed by atoms with van der Waals surface area (Å²) in [7, 11) is 1.62. The van der Waals surface area contributed by atoms with Gasteiger partial charge in [0, 0.05) is 7.05 Å². The lowest BCUT2D eigenvalue weighted by molar-refractivity contribution is -0.128. The summed E-state index contributed by atoms with van der Waals surface area (Å²) in [4.78, 5) is 12.2. The van der Waals surface area contributed by atoms with Gasteiger partial charge in [0.05, 0.1) is 13.0 Å². The van der Waals surface area contributed by atoms with Crippen LogP contribution in [-0.4, -0.2) is 24.4 Å². The molecule has 0 atom stereocenters. The molecule has 0 heterocycles. The monoisotopic (exact) mass is 135 g/mol. The molecule has 10 heavy (non-hydrogen) atoms. The van der Waals surface area contributed by atoms with Crippen molar-refractivity contribution in [1.82, 2.24) is 4.90 Å². The highest BCUT2D eigenvalue weighted by atomic mass is 16.2. The Kier molecular flexibility index (Phi) is 3.84. The molecule has 0 unspecified atom stereocenters. The minimum atomic E-state index is -0.111. The highest BCUT2D eigenvalue weighted by Crippen LogP contribution is 1.86. The molecule has 2 heteroatoms. The minimum Gasteiger partial charge on any atom is -0.334 e. The molecule has 0 aliphatic carbocycles. The molecule has 52 valence electrons. The van der Waals surface area contributed by atoms with E-state index >= 15 is 0 Å². The summed E-state index contributed by atoms with van der Waals surface area (Å²) in [5.74, 6) is 4.48. The molecule has 0 aromatic heterocycles. The predicted octanol–water partition coefficient (Wildman–Crippen LogP) is 0.101. The molecule has 0 aromatic carbocycles. The smallest absolute Gasteiger partial charge is 0.235 e. The Hall–Kier alpha value is -1.41. The Balaban J connectivity index is 3.76. The topological polar surface area (TPSA) is 20.3 Å². The van der Waals surface area contributed by atoms with Gasteiger partial charge in [0.2, 0.25) is 5.91 Å². The zero-order valence-electron chi connectivity index (χ0n) is 5.92. The Labute approximate surface area is 61.2 Å². The number of amides is 1. The number of hydrogen-bond acceptors (Lipinski definition) is 1. The molecule has 2 nitrogen and oxygen atoms in total. The van der Waals surface area contributed by atoms with E-state index < -0.39 is 0 Å². The number of hydrogen-bond donors (Lipinski definition) is 0. The fourth-order valence-corrected chi connectivity index (χ4v) is 0.447. The van der Waals surface area contributed by atoms with Crippen LogP contribution in [0.4, 0.5) is 0 Å². The van der Waals surface area contributed by atoms with Crippen LogP contribution in [0, 0.1) is 24.7 Å². The average Bonchev–Trinajstić information content (AvgIpc) is 1.89. The predicted molar refractivity (Wildman–Crippen MR) is 39.9 cm³/mol. The molecule has 0 saturated heterocycles. The van der Waals surface area contributed by atoms with Gasteiger partial charge in [0.1, 0.15) is 0 Å². The molecular formula is C8H9NO. The van der Waals surface area contributed by atoms with Crippen molar-refractivity contribution in [2.24, 2.45) is 0 Å². The van der Waals surface area contributed by atoms with Crippen LogP contribution in [0.15, 0.2) is 0 Å². The first-order valence-corrected chi connectivity index (χ1v) is 2.83. The normalized spacial score (nSPS) is 7.50. The van der Waals surface area contributed by atoms with E-state index in [-0.39, 0.29) is 12.3 Å². The van der Waals surface area contributed by atoms with Crippen molar-refractivity contribution in [3.63, 3.8) is 0 Å². The molecular weight excluding hydrogens is 126 g/mol. The lowest BCUT2D eigenvalue weighted by Gasteiger charge is -2.10. The SMILES string of the molecule is C#CCC(=O)N(C)CC#C. The van der Waals surface area contributed by atoms with Crippen molar-refractivity contribution in [3.8, 4) is 24.7 Å². The Morgan fingerprint density at radius 3 is 2.50 bits per heavy atom. The zero-order valence-corrected chi connectivity index (χ0v) is 5.92. The second kappa shape index (κ2) is 4.47. The molecule has 0 radical (unpaired) electrons. The number of terminal acetylenes is 2. The molecule has 0 rings (SSSR count). The summed E-state index contributed by atoms with van der Waals surface area (Å²) >= 11 is 0. The van der Waals surface area contributed by atoms with Gasteiger partial charge >= 0.3 is 0 Å². The van der Waals surface area contributed by atoms with Gasteiger partial charge in [-0.05, 0) is 0 Å². The first-order valence-electron chi connectivity index (χ1n) is 2.83. The van der Waals surface area contributed by atoms with Gasteiger partial charge in [0.25, 0.3) is 0 Å². The maximum atomic E-state index is 10.8. The lowest BCUT2D eigenvalue weighted by Crippen LogP contribution is -2.26. The number of rotatable bonds is 2. The Morgan fingerprint density at radius 2 is 2.10 bits per heavy atom. The molecule has 0 spiro atoms. The van der Waals surface area contributed by atoms with Gasteiger partial charge in [-0.2, -0.15) is 0 Å².